The molecule has 0 aliphatic carbocycles. The molecule has 0 spiro atoms. The predicted molar refractivity (Wildman–Crippen MR) is 157 cm³/mol. The molecule has 0 heterocycles. The maximum atomic E-state index is 2.42. The van der Waals surface area contributed by atoms with Crippen LogP contribution in [0.3, 0.4) is 0 Å². The second-order valence-electron chi connectivity index (χ2n) is 11.2. The van der Waals surface area contributed by atoms with Crippen molar-refractivity contribution in [3.63, 3.8) is 0 Å². The lowest BCUT2D eigenvalue weighted by molar-refractivity contribution is 1.05. The van der Waals surface area contributed by atoms with Gasteiger partial charge in [-0.25, -0.2) is 0 Å². The van der Waals surface area contributed by atoms with Crippen LogP contribution in [-0.2, 0) is 19.3 Å². The number of hydrogen-bond acceptors (Lipinski definition) is 0. The summed E-state index contributed by atoms with van der Waals surface area (Å²) in [6.45, 7) is 20.3. The normalized spacial score (nSPS) is 11.2. The van der Waals surface area contributed by atoms with Crippen molar-refractivity contribution < 1.29 is 0 Å². The summed E-state index contributed by atoms with van der Waals surface area (Å²) >= 11 is 0. The largest absolute Gasteiger partial charge is 0.0617 e. The van der Waals surface area contributed by atoms with E-state index in [2.05, 4.69) is 117 Å². The first-order valence-electron chi connectivity index (χ1n) is 13.3. The zero-order chi connectivity index (χ0) is 26.1. The van der Waals surface area contributed by atoms with Crippen molar-refractivity contribution in [3.8, 4) is 0 Å². The van der Waals surface area contributed by atoms with Crippen molar-refractivity contribution in [2.45, 2.75) is 81.6 Å². The summed E-state index contributed by atoms with van der Waals surface area (Å²) in [6.07, 6.45) is 3.00. The molecule has 0 aliphatic heterocycles. The fourth-order valence-corrected chi connectivity index (χ4v) is 5.90. The summed E-state index contributed by atoms with van der Waals surface area (Å²) < 4.78 is 0. The Balaban J connectivity index is 1.58. The Morgan fingerprint density at radius 1 is 0.361 bits per heavy atom. The summed E-state index contributed by atoms with van der Waals surface area (Å²) in [4.78, 5) is 0. The third-order valence-electron chi connectivity index (χ3n) is 8.29. The molecule has 0 unspecified atom stereocenters. The third-order valence-corrected chi connectivity index (χ3v) is 8.29. The van der Waals surface area contributed by atoms with Crippen LogP contribution in [0, 0.1) is 62.3 Å². The summed E-state index contributed by atoms with van der Waals surface area (Å²) in [5, 5.41) is 0. The van der Waals surface area contributed by atoms with Gasteiger partial charge in [-0.15, -0.1) is 0 Å². The van der Waals surface area contributed by atoms with Gasteiger partial charge in [-0.05, 0) is 165 Å². The molecule has 0 aliphatic rings. The molecule has 0 aromatic heterocycles. The molecule has 0 fully saturated rings. The number of aryl methyl sites for hydroxylation is 8. The molecular weight excluding hydrogens is 432 g/mol. The topological polar surface area (TPSA) is 0 Å². The van der Waals surface area contributed by atoms with Crippen LogP contribution in [0.2, 0.25) is 0 Å². The fourth-order valence-electron chi connectivity index (χ4n) is 5.90. The van der Waals surface area contributed by atoms with Gasteiger partial charge in [0.15, 0.2) is 0 Å². The number of benzene rings is 4. The highest BCUT2D eigenvalue weighted by molar-refractivity contribution is 5.48. The molecular formula is C36H42. The van der Waals surface area contributed by atoms with E-state index in [1.165, 1.54) is 83.5 Å². The van der Waals surface area contributed by atoms with E-state index in [4.69, 9.17) is 0 Å². The van der Waals surface area contributed by atoms with Gasteiger partial charge in [0.25, 0.3) is 0 Å². The lowest BCUT2D eigenvalue weighted by Gasteiger charge is -2.17. The van der Waals surface area contributed by atoms with Crippen molar-refractivity contribution in [1.82, 2.24) is 0 Å². The van der Waals surface area contributed by atoms with Gasteiger partial charge in [-0.3, -0.25) is 0 Å². The second kappa shape index (κ2) is 10.5. The molecule has 0 amide bonds. The SMILES string of the molecule is Cc1cc(Cc2c(C)cc(Cc3c(C)cc(Cc4c(C)cccc4C)cc3C)cc2C)cc(C)c1C. The zero-order valence-electron chi connectivity index (χ0n) is 23.8. The van der Waals surface area contributed by atoms with Crippen LogP contribution in [0.25, 0.3) is 0 Å². The summed E-state index contributed by atoms with van der Waals surface area (Å²) in [5.74, 6) is 0. The van der Waals surface area contributed by atoms with E-state index in [1.54, 1.807) is 0 Å². The number of hydrogen-bond donors (Lipinski definition) is 0. The van der Waals surface area contributed by atoms with Crippen molar-refractivity contribution in [2.24, 2.45) is 0 Å². The third kappa shape index (κ3) is 5.49. The van der Waals surface area contributed by atoms with E-state index >= 15 is 0 Å². The molecule has 0 atom stereocenters. The highest BCUT2D eigenvalue weighted by atomic mass is 14.2. The molecule has 0 saturated carbocycles. The monoisotopic (exact) mass is 474 g/mol. The van der Waals surface area contributed by atoms with Crippen LogP contribution >= 0.6 is 0 Å². The van der Waals surface area contributed by atoms with Crippen molar-refractivity contribution >= 4 is 0 Å². The minimum atomic E-state index is 0.992. The molecule has 0 bridgehead atoms. The Hall–Kier alpha value is -3.12. The quantitative estimate of drug-likeness (QED) is 0.261. The van der Waals surface area contributed by atoms with E-state index in [9.17, 15) is 0 Å². The van der Waals surface area contributed by atoms with Crippen LogP contribution in [0.15, 0.2) is 54.6 Å². The van der Waals surface area contributed by atoms with Gasteiger partial charge in [0, 0.05) is 0 Å². The van der Waals surface area contributed by atoms with Gasteiger partial charge in [-0.2, -0.15) is 0 Å². The van der Waals surface area contributed by atoms with E-state index in [1.807, 2.05) is 0 Å². The van der Waals surface area contributed by atoms with Gasteiger partial charge < -0.3 is 0 Å². The van der Waals surface area contributed by atoms with E-state index in [-0.39, 0.29) is 0 Å². The summed E-state index contributed by atoms with van der Waals surface area (Å²) in [7, 11) is 0. The first-order valence-corrected chi connectivity index (χ1v) is 13.3. The van der Waals surface area contributed by atoms with Gasteiger partial charge in [-0.1, -0.05) is 54.6 Å². The zero-order valence-corrected chi connectivity index (χ0v) is 23.8. The molecule has 186 valence electrons. The van der Waals surface area contributed by atoms with Gasteiger partial charge in [0.1, 0.15) is 0 Å². The lowest BCUT2D eigenvalue weighted by Crippen LogP contribution is -2.03. The van der Waals surface area contributed by atoms with Gasteiger partial charge in [0.05, 0.1) is 0 Å². The van der Waals surface area contributed by atoms with Crippen molar-refractivity contribution in [3.05, 3.63) is 138 Å². The Morgan fingerprint density at radius 2 is 0.639 bits per heavy atom. The van der Waals surface area contributed by atoms with Gasteiger partial charge >= 0.3 is 0 Å². The maximum absolute atomic E-state index is 2.42. The molecule has 0 N–H and O–H groups in total. The average molecular weight is 475 g/mol. The van der Waals surface area contributed by atoms with Crippen LogP contribution in [0.1, 0.15) is 83.5 Å². The molecule has 4 aromatic carbocycles. The van der Waals surface area contributed by atoms with Crippen LogP contribution in [0.5, 0.6) is 0 Å². The second-order valence-corrected chi connectivity index (χ2v) is 11.2. The molecule has 4 rings (SSSR count). The molecule has 0 radical (unpaired) electrons. The Labute approximate surface area is 219 Å². The Bertz CT molecular complexity index is 1340. The molecule has 0 saturated heterocycles. The minimum Gasteiger partial charge on any atom is -0.0617 e. The smallest absolute Gasteiger partial charge is 0.00203 e. The molecule has 4 aromatic rings. The van der Waals surface area contributed by atoms with E-state index < -0.39 is 0 Å². The first-order chi connectivity index (χ1) is 17.0. The Kier molecular flexibility index (Phi) is 7.55. The van der Waals surface area contributed by atoms with Crippen LogP contribution < -0.4 is 0 Å². The van der Waals surface area contributed by atoms with Crippen LogP contribution in [0.4, 0.5) is 0 Å². The molecule has 36 heavy (non-hydrogen) atoms. The maximum Gasteiger partial charge on any atom is -0.00203 e. The average Bonchev–Trinajstić information content (AvgIpc) is 2.79. The summed E-state index contributed by atoms with van der Waals surface area (Å²) in [6, 6.07) is 21.0. The fraction of sp³-hybridized carbons (Fsp3) is 0.333. The van der Waals surface area contributed by atoms with E-state index in [0.29, 0.717) is 0 Å². The first kappa shape index (κ1) is 26.0. The van der Waals surface area contributed by atoms with E-state index in [0.717, 1.165) is 19.3 Å². The van der Waals surface area contributed by atoms with Gasteiger partial charge in [0.2, 0.25) is 0 Å². The number of rotatable bonds is 6. The van der Waals surface area contributed by atoms with Crippen molar-refractivity contribution in [1.29, 1.82) is 0 Å². The Morgan fingerprint density at radius 3 is 0.972 bits per heavy atom. The minimum absolute atomic E-state index is 0.992. The standard InChI is InChI=1S/C36H42/c1-22-11-10-12-23(2)34(22)19-32-15-26(5)36(27(6)16-32)21-33-17-28(7)35(29(8)18-33)20-31-13-24(3)30(9)25(4)14-31/h10-18H,19-21H2,1-9H3. The molecule has 0 heteroatoms. The predicted octanol–water partition coefficient (Wildman–Crippen LogP) is 9.23. The lowest BCUT2D eigenvalue weighted by atomic mass is 9.88. The highest BCUT2D eigenvalue weighted by Gasteiger charge is 2.12. The summed E-state index contributed by atoms with van der Waals surface area (Å²) in [5.41, 5.74) is 21.2. The van der Waals surface area contributed by atoms with Crippen LogP contribution in [-0.4, -0.2) is 0 Å². The van der Waals surface area contributed by atoms with Crippen molar-refractivity contribution in [2.75, 3.05) is 0 Å². The molecule has 0 nitrogen and oxygen atoms in total. The highest BCUT2D eigenvalue weighted by Crippen LogP contribution is 2.27.